The summed E-state index contributed by atoms with van der Waals surface area (Å²) in [6.45, 7) is 4.30. The molecule has 0 saturated carbocycles. The van der Waals surface area contributed by atoms with Crippen molar-refractivity contribution in [3.63, 3.8) is 0 Å². The Morgan fingerprint density at radius 3 is 2.75 bits per heavy atom. The van der Waals surface area contributed by atoms with Crippen LogP contribution in [0.15, 0.2) is 28.7 Å². The largest absolute Gasteiger partial charge is 0.459 e. The second-order valence-electron chi connectivity index (χ2n) is 4.54. The van der Waals surface area contributed by atoms with Crippen LogP contribution < -0.4 is 5.73 Å². The van der Waals surface area contributed by atoms with E-state index in [1.165, 1.54) is 0 Å². The van der Waals surface area contributed by atoms with Gasteiger partial charge in [-0.2, -0.15) is 0 Å². The predicted molar refractivity (Wildman–Crippen MR) is 67.6 cm³/mol. The quantitative estimate of drug-likeness (QED) is 0.872. The minimum absolute atomic E-state index is 0.0523. The zero-order chi connectivity index (χ0) is 11.7. The number of nitrogens with two attached hydrogens (primary N) is 1. The molecule has 3 heteroatoms. The summed E-state index contributed by atoms with van der Waals surface area (Å²) >= 11 is 6.08. The topological polar surface area (TPSA) is 39.2 Å². The van der Waals surface area contributed by atoms with E-state index in [9.17, 15) is 0 Å². The molecule has 0 aliphatic heterocycles. The Balaban J connectivity index is 2.36. The lowest BCUT2D eigenvalue weighted by molar-refractivity contribution is 0.431. The molecule has 2 aromatic rings. The fourth-order valence-electron chi connectivity index (χ4n) is 1.85. The first kappa shape index (κ1) is 11.5. The number of benzene rings is 1. The van der Waals surface area contributed by atoms with Crippen LogP contribution in [-0.2, 0) is 0 Å². The van der Waals surface area contributed by atoms with Crippen LogP contribution in [-0.4, -0.2) is 0 Å². The van der Waals surface area contributed by atoms with Crippen LogP contribution in [0.2, 0.25) is 5.02 Å². The average Bonchev–Trinajstić information content (AvgIpc) is 2.61. The van der Waals surface area contributed by atoms with Crippen molar-refractivity contribution in [2.24, 2.45) is 11.7 Å². The Hall–Kier alpha value is -0.990. The van der Waals surface area contributed by atoms with E-state index in [4.69, 9.17) is 21.8 Å². The van der Waals surface area contributed by atoms with Gasteiger partial charge in [0.05, 0.1) is 11.1 Å². The molecule has 2 N–H and O–H groups in total. The third kappa shape index (κ3) is 2.23. The number of rotatable bonds is 3. The van der Waals surface area contributed by atoms with Gasteiger partial charge < -0.3 is 10.2 Å². The Kier molecular flexibility index (Phi) is 3.22. The molecule has 0 aliphatic carbocycles. The Bertz CT molecular complexity index is 490. The monoisotopic (exact) mass is 237 g/mol. The number of halogens is 1. The molecule has 1 heterocycles. The number of hydrogen-bond donors (Lipinski definition) is 1. The Morgan fingerprint density at radius 1 is 1.38 bits per heavy atom. The van der Waals surface area contributed by atoms with Crippen molar-refractivity contribution >= 4 is 22.6 Å². The lowest BCUT2D eigenvalue weighted by atomic mass is 10.0. The first-order valence-electron chi connectivity index (χ1n) is 5.51. The maximum absolute atomic E-state index is 6.08. The average molecular weight is 238 g/mol. The molecule has 1 unspecified atom stereocenters. The molecule has 0 saturated heterocycles. The first-order chi connectivity index (χ1) is 7.58. The highest BCUT2D eigenvalue weighted by molar-refractivity contribution is 6.35. The molecule has 2 nitrogen and oxygen atoms in total. The van der Waals surface area contributed by atoms with Gasteiger partial charge in [-0.05, 0) is 30.5 Å². The van der Waals surface area contributed by atoms with E-state index in [-0.39, 0.29) is 6.04 Å². The van der Waals surface area contributed by atoms with Crippen molar-refractivity contribution in [1.29, 1.82) is 0 Å². The summed E-state index contributed by atoms with van der Waals surface area (Å²) in [6, 6.07) is 7.55. The van der Waals surface area contributed by atoms with Crippen LogP contribution >= 0.6 is 11.6 Å². The van der Waals surface area contributed by atoms with Gasteiger partial charge in [0.1, 0.15) is 11.3 Å². The highest BCUT2D eigenvalue weighted by Crippen LogP contribution is 2.30. The van der Waals surface area contributed by atoms with Gasteiger partial charge in [0.15, 0.2) is 0 Å². The summed E-state index contributed by atoms with van der Waals surface area (Å²) < 4.78 is 5.70. The van der Waals surface area contributed by atoms with Crippen molar-refractivity contribution in [2.75, 3.05) is 0 Å². The van der Waals surface area contributed by atoms with Crippen LogP contribution in [0.3, 0.4) is 0 Å². The standard InChI is InChI=1S/C13H16ClNO/c1-8(2)6-11(15)13-7-9-10(14)4-3-5-12(9)16-13/h3-5,7-8,11H,6,15H2,1-2H3. The maximum atomic E-state index is 6.08. The van der Waals surface area contributed by atoms with Gasteiger partial charge in [-0.3, -0.25) is 0 Å². The van der Waals surface area contributed by atoms with Crippen LogP contribution in [0.1, 0.15) is 32.1 Å². The van der Waals surface area contributed by atoms with E-state index in [1.807, 2.05) is 24.3 Å². The Labute approximate surface area is 100 Å². The number of hydrogen-bond acceptors (Lipinski definition) is 2. The first-order valence-corrected chi connectivity index (χ1v) is 5.89. The minimum atomic E-state index is -0.0523. The van der Waals surface area contributed by atoms with E-state index in [0.717, 1.165) is 23.2 Å². The van der Waals surface area contributed by atoms with Crippen molar-refractivity contribution in [2.45, 2.75) is 26.3 Å². The molecule has 2 rings (SSSR count). The SMILES string of the molecule is CC(C)CC(N)c1cc2c(Cl)cccc2o1. The van der Waals surface area contributed by atoms with Crippen molar-refractivity contribution in [3.8, 4) is 0 Å². The summed E-state index contributed by atoms with van der Waals surface area (Å²) in [7, 11) is 0. The molecule has 1 atom stereocenters. The van der Waals surface area contributed by atoms with Crippen LogP contribution in [0, 0.1) is 5.92 Å². The third-order valence-electron chi connectivity index (χ3n) is 2.62. The molecule has 1 aromatic heterocycles. The fourth-order valence-corrected chi connectivity index (χ4v) is 2.07. The molecule has 16 heavy (non-hydrogen) atoms. The van der Waals surface area contributed by atoms with Gasteiger partial charge in [-0.15, -0.1) is 0 Å². The molecular weight excluding hydrogens is 222 g/mol. The molecule has 86 valence electrons. The molecule has 0 aliphatic rings. The van der Waals surface area contributed by atoms with E-state index >= 15 is 0 Å². The highest BCUT2D eigenvalue weighted by atomic mass is 35.5. The van der Waals surface area contributed by atoms with Gasteiger partial charge in [0.2, 0.25) is 0 Å². The smallest absolute Gasteiger partial charge is 0.135 e. The second kappa shape index (κ2) is 4.48. The van der Waals surface area contributed by atoms with Crippen LogP contribution in [0.25, 0.3) is 11.0 Å². The number of fused-ring (bicyclic) bond motifs is 1. The fraction of sp³-hybridized carbons (Fsp3) is 0.385. The normalized spacial score (nSPS) is 13.6. The zero-order valence-electron chi connectivity index (χ0n) is 9.53. The molecule has 0 amide bonds. The summed E-state index contributed by atoms with van der Waals surface area (Å²) in [5, 5.41) is 1.66. The summed E-state index contributed by atoms with van der Waals surface area (Å²) in [5.41, 5.74) is 6.88. The summed E-state index contributed by atoms with van der Waals surface area (Å²) in [5.74, 6) is 1.37. The lowest BCUT2D eigenvalue weighted by Gasteiger charge is -2.10. The van der Waals surface area contributed by atoms with Crippen molar-refractivity contribution < 1.29 is 4.42 Å². The summed E-state index contributed by atoms with van der Waals surface area (Å²) in [4.78, 5) is 0. The molecule has 0 spiro atoms. The number of furan rings is 1. The van der Waals surface area contributed by atoms with Crippen molar-refractivity contribution in [3.05, 3.63) is 35.0 Å². The summed E-state index contributed by atoms with van der Waals surface area (Å²) in [6.07, 6.45) is 0.914. The molecule has 0 fully saturated rings. The van der Waals surface area contributed by atoms with Crippen LogP contribution in [0.4, 0.5) is 0 Å². The van der Waals surface area contributed by atoms with E-state index < -0.39 is 0 Å². The second-order valence-corrected chi connectivity index (χ2v) is 4.94. The minimum Gasteiger partial charge on any atom is -0.459 e. The van der Waals surface area contributed by atoms with Crippen LogP contribution in [0.5, 0.6) is 0 Å². The van der Waals surface area contributed by atoms with E-state index in [0.29, 0.717) is 10.9 Å². The van der Waals surface area contributed by atoms with Gasteiger partial charge in [-0.25, -0.2) is 0 Å². The van der Waals surface area contributed by atoms with Gasteiger partial charge in [-0.1, -0.05) is 31.5 Å². The molecule has 1 aromatic carbocycles. The van der Waals surface area contributed by atoms with E-state index in [1.54, 1.807) is 0 Å². The molecular formula is C13H16ClNO. The van der Waals surface area contributed by atoms with E-state index in [2.05, 4.69) is 13.8 Å². The van der Waals surface area contributed by atoms with Crippen molar-refractivity contribution in [1.82, 2.24) is 0 Å². The molecule has 0 radical (unpaired) electrons. The Morgan fingerprint density at radius 2 is 2.12 bits per heavy atom. The third-order valence-corrected chi connectivity index (χ3v) is 2.95. The predicted octanol–water partition coefficient (Wildman–Crippen LogP) is 4.13. The molecule has 0 bridgehead atoms. The lowest BCUT2D eigenvalue weighted by Crippen LogP contribution is -2.11. The highest BCUT2D eigenvalue weighted by Gasteiger charge is 2.14. The van der Waals surface area contributed by atoms with Gasteiger partial charge in [0.25, 0.3) is 0 Å². The maximum Gasteiger partial charge on any atom is 0.135 e. The van der Waals surface area contributed by atoms with Gasteiger partial charge >= 0.3 is 0 Å². The van der Waals surface area contributed by atoms with Gasteiger partial charge in [0, 0.05) is 5.39 Å². The zero-order valence-corrected chi connectivity index (χ0v) is 10.3.